The number of halogens is 1. The third kappa shape index (κ3) is 2.18. The summed E-state index contributed by atoms with van der Waals surface area (Å²) in [6.45, 7) is 3.41. The monoisotopic (exact) mass is 200 g/mol. The van der Waals surface area contributed by atoms with Crippen molar-refractivity contribution < 1.29 is 5.11 Å². The fourth-order valence-electron chi connectivity index (χ4n) is 1.04. The molecule has 13 heavy (non-hydrogen) atoms. The van der Waals surface area contributed by atoms with Gasteiger partial charge in [0, 0.05) is 11.3 Å². The summed E-state index contributed by atoms with van der Waals surface area (Å²) < 4.78 is 0. The van der Waals surface area contributed by atoms with Gasteiger partial charge in [0.05, 0.1) is 12.1 Å². The number of hydrogen-bond donors (Lipinski definition) is 2. The highest BCUT2D eigenvalue weighted by atomic mass is 35.5. The molecule has 0 aliphatic carbocycles. The first-order valence-electron chi connectivity index (χ1n) is 4.01. The normalized spacial score (nSPS) is 15.5. The Bertz CT molecular complexity index is 312. The van der Waals surface area contributed by atoms with E-state index in [0.29, 0.717) is 10.7 Å². The van der Waals surface area contributed by atoms with E-state index < -0.39 is 5.54 Å². The summed E-state index contributed by atoms with van der Waals surface area (Å²) in [6, 6.07) is 3.61. The average Bonchev–Trinajstić information content (AvgIpc) is 2.03. The van der Waals surface area contributed by atoms with Gasteiger partial charge in [-0.25, -0.2) is 4.98 Å². The Morgan fingerprint density at radius 2 is 2.23 bits per heavy atom. The van der Waals surface area contributed by atoms with Crippen LogP contribution in [0.5, 0.6) is 0 Å². The predicted molar refractivity (Wildman–Crippen MR) is 52.6 cm³/mol. The molecule has 1 atom stereocenters. The molecule has 3 nitrogen and oxygen atoms in total. The Morgan fingerprint density at radius 3 is 2.69 bits per heavy atom. The molecule has 1 aromatic rings. The number of rotatable bonds is 2. The van der Waals surface area contributed by atoms with Gasteiger partial charge in [-0.1, -0.05) is 17.7 Å². The maximum atomic E-state index is 9.03. The Balaban J connectivity index is 3.16. The second-order valence-corrected chi connectivity index (χ2v) is 3.72. The fourth-order valence-corrected chi connectivity index (χ4v) is 1.45. The zero-order chi connectivity index (χ0) is 10.1. The standard InChI is InChI=1S/C9H13ClN2O/c1-6-3-4-7(8(10)12-6)9(2,11)5-13/h3-4,13H,5,11H2,1-2H3/t9-/m0/s1. The number of nitrogens with zero attached hydrogens (tertiary/aromatic N) is 1. The van der Waals surface area contributed by atoms with Crippen LogP contribution in [0.1, 0.15) is 18.2 Å². The molecular weight excluding hydrogens is 188 g/mol. The van der Waals surface area contributed by atoms with Crippen LogP contribution in [0, 0.1) is 6.92 Å². The second-order valence-electron chi connectivity index (χ2n) is 3.37. The van der Waals surface area contributed by atoms with E-state index in [1.165, 1.54) is 0 Å². The average molecular weight is 201 g/mol. The van der Waals surface area contributed by atoms with Crippen molar-refractivity contribution in [3.63, 3.8) is 0 Å². The highest BCUT2D eigenvalue weighted by Gasteiger charge is 2.23. The second kappa shape index (κ2) is 3.62. The molecule has 0 radical (unpaired) electrons. The minimum Gasteiger partial charge on any atom is -0.394 e. The van der Waals surface area contributed by atoms with Gasteiger partial charge >= 0.3 is 0 Å². The summed E-state index contributed by atoms with van der Waals surface area (Å²) in [5.74, 6) is 0. The molecule has 3 N–H and O–H groups in total. The largest absolute Gasteiger partial charge is 0.394 e. The molecule has 0 saturated heterocycles. The molecule has 0 saturated carbocycles. The highest BCUT2D eigenvalue weighted by molar-refractivity contribution is 6.30. The Labute approximate surface area is 82.5 Å². The minimum atomic E-state index is -0.822. The maximum absolute atomic E-state index is 9.03. The molecule has 0 fully saturated rings. The molecule has 0 amide bonds. The van der Waals surface area contributed by atoms with Gasteiger partial charge in [0.2, 0.25) is 0 Å². The summed E-state index contributed by atoms with van der Waals surface area (Å²) >= 11 is 5.89. The van der Waals surface area contributed by atoms with Gasteiger partial charge < -0.3 is 10.8 Å². The van der Waals surface area contributed by atoms with E-state index in [4.69, 9.17) is 22.4 Å². The van der Waals surface area contributed by atoms with Crippen molar-refractivity contribution in [2.45, 2.75) is 19.4 Å². The SMILES string of the molecule is Cc1ccc([C@@](C)(N)CO)c(Cl)n1. The first-order chi connectivity index (χ1) is 5.97. The van der Waals surface area contributed by atoms with Gasteiger partial charge in [-0.05, 0) is 19.9 Å². The number of aliphatic hydroxyl groups is 1. The van der Waals surface area contributed by atoms with Crippen molar-refractivity contribution in [1.82, 2.24) is 4.98 Å². The lowest BCUT2D eigenvalue weighted by Gasteiger charge is -2.22. The van der Waals surface area contributed by atoms with E-state index in [1.54, 1.807) is 13.0 Å². The van der Waals surface area contributed by atoms with Gasteiger partial charge in [-0.15, -0.1) is 0 Å². The van der Waals surface area contributed by atoms with Crippen LogP contribution in [0.15, 0.2) is 12.1 Å². The topological polar surface area (TPSA) is 59.1 Å². The number of aryl methyl sites for hydroxylation is 1. The van der Waals surface area contributed by atoms with Crippen LogP contribution < -0.4 is 5.73 Å². The fraction of sp³-hybridized carbons (Fsp3) is 0.444. The predicted octanol–water partition coefficient (Wildman–Crippen LogP) is 1.21. The number of aliphatic hydroxyl groups excluding tert-OH is 1. The molecule has 4 heteroatoms. The Morgan fingerprint density at radius 1 is 1.62 bits per heavy atom. The zero-order valence-corrected chi connectivity index (χ0v) is 8.47. The molecule has 0 aromatic carbocycles. The van der Waals surface area contributed by atoms with Crippen LogP contribution >= 0.6 is 11.6 Å². The molecule has 1 rings (SSSR count). The van der Waals surface area contributed by atoms with E-state index in [1.807, 2.05) is 13.0 Å². The number of pyridine rings is 1. The molecule has 0 bridgehead atoms. The van der Waals surface area contributed by atoms with Crippen LogP contribution in [0.2, 0.25) is 5.15 Å². The van der Waals surface area contributed by atoms with E-state index in [0.717, 1.165) is 5.69 Å². The summed E-state index contributed by atoms with van der Waals surface area (Å²) in [5.41, 5.74) is 6.50. The minimum absolute atomic E-state index is 0.155. The van der Waals surface area contributed by atoms with Gasteiger partial charge in [-0.2, -0.15) is 0 Å². The molecule has 0 unspecified atom stereocenters. The van der Waals surface area contributed by atoms with Crippen LogP contribution in [0.25, 0.3) is 0 Å². The zero-order valence-electron chi connectivity index (χ0n) is 7.71. The Kier molecular flexibility index (Phi) is 2.91. The van der Waals surface area contributed by atoms with Crippen LogP contribution in [-0.2, 0) is 5.54 Å². The van der Waals surface area contributed by atoms with Crippen LogP contribution in [-0.4, -0.2) is 16.7 Å². The summed E-state index contributed by atoms with van der Waals surface area (Å²) in [6.07, 6.45) is 0. The Hall–Kier alpha value is -0.640. The van der Waals surface area contributed by atoms with Crippen LogP contribution in [0.4, 0.5) is 0 Å². The molecular formula is C9H13ClN2O. The van der Waals surface area contributed by atoms with Crippen molar-refractivity contribution in [3.8, 4) is 0 Å². The third-order valence-corrected chi connectivity index (χ3v) is 2.22. The van der Waals surface area contributed by atoms with Crippen molar-refractivity contribution >= 4 is 11.6 Å². The molecule has 1 aromatic heterocycles. The lowest BCUT2D eigenvalue weighted by Crippen LogP contribution is -2.37. The van der Waals surface area contributed by atoms with E-state index in [9.17, 15) is 0 Å². The van der Waals surface area contributed by atoms with Gasteiger partial charge in [0.25, 0.3) is 0 Å². The number of aromatic nitrogens is 1. The molecule has 1 heterocycles. The first kappa shape index (κ1) is 10.4. The summed E-state index contributed by atoms with van der Waals surface area (Å²) in [4.78, 5) is 4.06. The number of hydrogen-bond acceptors (Lipinski definition) is 3. The van der Waals surface area contributed by atoms with E-state index in [-0.39, 0.29) is 6.61 Å². The van der Waals surface area contributed by atoms with Crippen molar-refractivity contribution in [1.29, 1.82) is 0 Å². The molecule has 72 valence electrons. The van der Waals surface area contributed by atoms with Crippen molar-refractivity contribution in [2.24, 2.45) is 5.73 Å². The number of nitrogens with two attached hydrogens (primary N) is 1. The smallest absolute Gasteiger partial charge is 0.134 e. The van der Waals surface area contributed by atoms with E-state index in [2.05, 4.69) is 4.98 Å². The van der Waals surface area contributed by atoms with Crippen molar-refractivity contribution in [3.05, 3.63) is 28.5 Å². The highest BCUT2D eigenvalue weighted by Crippen LogP contribution is 2.24. The van der Waals surface area contributed by atoms with Gasteiger partial charge in [-0.3, -0.25) is 0 Å². The van der Waals surface area contributed by atoms with Gasteiger partial charge in [0.1, 0.15) is 5.15 Å². The lowest BCUT2D eigenvalue weighted by molar-refractivity contribution is 0.210. The van der Waals surface area contributed by atoms with Crippen LogP contribution in [0.3, 0.4) is 0 Å². The lowest BCUT2D eigenvalue weighted by atomic mass is 9.96. The molecule has 0 spiro atoms. The van der Waals surface area contributed by atoms with E-state index >= 15 is 0 Å². The summed E-state index contributed by atoms with van der Waals surface area (Å²) in [5, 5.41) is 9.39. The van der Waals surface area contributed by atoms with Gasteiger partial charge in [0.15, 0.2) is 0 Å². The first-order valence-corrected chi connectivity index (χ1v) is 4.38. The molecule has 0 aliphatic heterocycles. The maximum Gasteiger partial charge on any atom is 0.134 e. The van der Waals surface area contributed by atoms with Crippen molar-refractivity contribution in [2.75, 3.05) is 6.61 Å². The third-order valence-electron chi connectivity index (χ3n) is 1.93. The quantitative estimate of drug-likeness (QED) is 0.706. The molecule has 0 aliphatic rings. The summed E-state index contributed by atoms with van der Waals surface area (Å²) in [7, 11) is 0.